The molecule has 15 atom stereocenters. The first-order chi connectivity index (χ1) is 44.6. The number of aliphatic imine (C=N–C) groups is 4. The number of fused-ring (bicyclic) bond motifs is 7. The molecule has 27 heteroatoms. The molecule has 522 valence electrons. The van der Waals surface area contributed by atoms with E-state index < -0.39 is 150 Å². The van der Waals surface area contributed by atoms with Crippen LogP contribution >= 0.6 is 7.60 Å². The number of allylic oxidation sites excluding steroid dienone is 6. The maximum Gasteiger partial charge on any atom is 0.333 e. The first kappa shape index (κ1) is 73.8. The van der Waals surface area contributed by atoms with Crippen LogP contribution in [0.1, 0.15) is 150 Å². The van der Waals surface area contributed by atoms with Crippen molar-refractivity contribution in [2.24, 2.45) is 65.3 Å². The van der Waals surface area contributed by atoms with Gasteiger partial charge in [0.2, 0.25) is 0 Å². The fraction of sp³-hybridized carbons (Fsp3) is 0.662. The van der Waals surface area contributed by atoms with Crippen molar-refractivity contribution in [1.29, 1.82) is 0 Å². The highest BCUT2D eigenvalue weighted by molar-refractivity contribution is 7.53. The average Bonchev–Trinajstić information content (AvgIpc) is 1.53. The molecule has 26 nitrogen and oxygen atoms in total. The Hall–Kier alpha value is -6.96. The molecule has 1 aromatic carbocycles. The van der Waals surface area contributed by atoms with Crippen molar-refractivity contribution in [3.05, 3.63) is 63.9 Å². The average molecular weight is 1350 g/mol. The van der Waals surface area contributed by atoms with Crippen LogP contribution in [0.15, 0.2) is 72.7 Å². The van der Waals surface area contributed by atoms with E-state index in [2.05, 4.69) is 15.3 Å². The van der Waals surface area contributed by atoms with Gasteiger partial charge >= 0.3 is 43.4 Å². The Balaban J connectivity index is 1.29. The number of hydrogen-bond donors (Lipinski definition) is 4. The number of nitrogens with one attached hydrogen (secondary N) is 1. The van der Waals surface area contributed by atoms with E-state index in [1.165, 1.54) is 55.9 Å². The van der Waals surface area contributed by atoms with Crippen LogP contribution in [-0.4, -0.2) is 175 Å². The van der Waals surface area contributed by atoms with Gasteiger partial charge in [0.1, 0.15) is 18.3 Å². The van der Waals surface area contributed by atoms with Crippen LogP contribution < -0.4 is 10.4 Å². The first-order valence-electron chi connectivity index (χ1n) is 32.3. The van der Waals surface area contributed by atoms with E-state index in [-0.39, 0.29) is 70.6 Å². The number of aryl methyl sites for hydroxylation is 2. The zero-order chi connectivity index (χ0) is 70.2. The monoisotopic (exact) mass is 1340 g/mol. The third-order valence-electron chi connectivity index (χ3n) is 21.9. The Morgan fingerprint density at radius 3 is 1.93 bits per heavy atom. The molecule has 2 unspecified atom stereocenters. The van der Waals surface area contributed by atoms with Crippen LogP contribution in [0.3, 0.4) is 0 Å². The number of hydrogen-bond acceptors (Lipinski definition) is 24. The molecule has 0 saturated carbocycles. The summed E-state index contributed by atoms with van der Waals surface area (Å²) >= 11 is 0. The van der Waals surface area contributed by atoms with E-state index in [0.29, 0.717) is 56.4 Å². The van der Waals surface area contributed by atoms with Gasteiger partial charge in [-0.05, 0) is 120 Å². The first-order valence-corrected chi connectivity index (χ1v) is 33.9. The van der Waals surface area contributed by atoms with E-state index in [4.69, 9.17) is 52.7 Å². The number of carbonyl (C=O) groups is 6. The molecule has 8 rings (SSSR count). The maximum atomic E-state index is 14.6. The quantitative estimate of drug-likeness (QED) is 0.0255. The molecular formula is C68H95N7O19P-. The molecule has 8 bridgehead atoms. The standard InChI is InChI=1S/C68H96N7O19P/c1-35-26-45-46(27-36(35)2)75(34-70-45)63-58(84)59(47(33-76)93-63)94-95(85,86)37(3)32-69-49(77)24-25-65(8)43(28-53(81)90-15)62-68(11)67(10,31-55(83)92-17)42(20-23-52(80)89-14)57(74-68)39(5)61-66(9,30-54(82)91-16)40(18-21-50(78)87-12)44(71-61)29-48-64(6,7)41(19-22-51(79)88-13)56(72-48)38(4)60(65)73-62/h26-27,29,34,37,40-43,47,58-59,62-63,71,76,84H,18-25,28,30-33H2,1-17H3,(H,69,77)(H,85,86)/p-1/b44-29-,56-38-,61-39?/t37-,40-,41-,42-,43+,47-,58-,59?,62+,63+,65-,66+,67+,68-/m1/s1. The van der Waals surface area contributed by atoms with Gasteiger partial charge in [0.05, 0.1) is 110 Å². The molecular weight excluding hydrogens is 1250 g/mol. The number of imidazole rings is 1. The van der Waals surface area contributed by atoms with Crippen LogP contribution in [0.5, 0.6) is 0 Å². The van der Waals surface area contributed by atoms with E-state index >= 15 is 0 Å². The van der Waals surface area contributed by atoms with E-state index in [0.717, 1.165) is 11.1 Å². The van der Waals surface area contributed by atoms with Crippen LogP contribution in [0, 0.1) is 59.2 Å². The van der Waals surface area contributed by atoms with Gasteiger partial charge in [-0.3, -0.25) is 52.8 Å². The van der Waals surface area contributed by atoms with Gasteiger partial charge < -0.3 is 68.2 Å². The number of nitrogens with zero attached hydrogens (tertiary/aromatic N) is 6. The van der Waals surface area contributed by atoms with Crippen molar-refractivity contribution in [2.75, 3.05) is 55.8 Å². The van der Waals surface area contributed by atoms with Crippen LogP contribution in [-0.2, 0) is 71.0 Å². The molecule has 95 heavy (non-hydrogen) atoms. The Morgan fingerprint density at radius 2 is 1.34 bits per heavy atom. The minimum absolute atomic E-state index is 0.0179. The number of aromatic nitrogens is 2. The number of esters is 6. The topological polar surface area (TPSA) is 356 Å². The largest absolute Gasteiger partial charge is 0.862 e. The van der Waals surface area contributed by atoms with Gasteiger partial charge in [0, 0.05) is 98.8 Å². The van der Waals surface area contributed by atoms with Gasteiger partial charge in [-0.2, -0.15) is 0 Å². The zero-order valence-electron chi connectivity index (χ0n) is 57.8. The summed E-state index contributed by atoms with van der Waals surface area (Å²) in [5, 5.41) is 40.4. The summed E-state index contributed by atoms with van der Waals surface area (Å²) in [5.74, 6) is -6.79. The molecule has 1 aromatic heterocycles. The second-order valence-corrected chi connectivity index (χ2v) is 29.9. The van der Waals surface area contributed by atoms with Crippen molar-refractivity contribution >= 4 is 77.5 Å². The third kappa shape index (κ3) is 13.9. The number of aliphatic hydroxyl groups is 2. The Morgan fingerprint density at radius 1 is 0.768 bits per heavy atom. The van der Waals surface area contributed by atoms with Crippen molar-refractivity contribution in [2.45, 2.75) is 189 Å². The normalized spacial score (nSPS) is 32.4. The fourth-order valence-electron chi connectivity index (χ4n) is 15.6. The maximum absolute atomic E-state index is 14.6. The lowest BCUT2D eigenvalue weighted by molar-refractivity contribution is -0.219. The number of aliphatic hydroxyl groups excluding tert-OH is 2. The number of ether oxygens (including phenoxy) is 7. The lowest BCUT2D eigenvalue weighted by Crippen LogP contribution is -2.55. The summed E-state index contributed by atoms with van der Waals surface area (Å²) in [7, 11) is 2.92. The van der Waals surface area contributed by atoms with Crippen molar-refractivity contribution in [1.82, 2.24) is 14.9 Å². The van der Waals surface area contributed by atoms with Crippen LogP contribution in [0.4, 0.5) is 0 Å². The second kappa shape index (κ2) is 28.6. The minimum Gasteiger partial charge on any atom is -0.862 e. The number of carbonyl (C=O) groups excluding carboxylic acids is 6. The van der Waals surface area contributed by atoms with Crippen LogP contribution in [0.25, 0.3) is 11.0 Å². The predicted octanol–water partition coefficient (Wildman–Crippen LogP) is 7.00. The summed E-state index contributed by atoms with van der Waals surface area (Å²) in [6.07, 6.45) is -2.83. The predicted molar refractivity (Wildman–Crippen MR) is 349 cm³/mol. The fourth-order valence-corrected chi connectivity index (χ4v) is 16.7. The van der Waals surface area contributed by atoms with Gasteiger partial charge in [-0.15, -0.1) is 0 Å². The molecule has 2 fully saturated rings. The lowest BCUT2D eigenvalue weighted by atomic mass is 9.55. The molecule has 7 heterocycles. The summed E-state index contributed by atoms with van der Waals surface area (Å²) in [6, 6.07) is 2.71. The Bertz CT molecular complexity index is 3640. The van der Waals surface area contributed by atoms with E-state index in [9.17, 15) is 53.5 Å². The Labute approximate surface area is 555 Å². The highest BCUT2D eigenvalue weighted by Crippen LogP contribution is 2.63. The Kier molecular flexibility index (Phi) is 22.2. The number of methoxy groups -OCH3 is 6. The van der Waals surface area contributed by atoms with Gasteiger partial charge in [0.25, 0.3) is 0 Å². The smallest absolute Gasteiger partial charge is 0.333 e. The van der Waals surface area contributed by atoms with Crippen molar-refractivity contribution < 1.29 is 91.2 Å². The van der Waals surface area contributed by atoms with Gasteiger partial charge in [0.15, 0.2) is 6.23 Å². The third-order valence-corrected chi connectivity index (χ3v) is 23.8. The SMILES string of the molecule is COC(=O)CC[C@@H]1/C2=C(\C)C3=N[C@@H]([C@H](CC(=O)OC)[C@@]3(C)CCC([O-])=NC[C@@H](C)P(=O)(O)OC3[C@@H](O)[C@@H](n4cnc5cc(C)c(C)cc54)O[C@@H]3CO)[C@@]3(C)N=C(C(C)=C4N/C(=C\C(=N2)C1(C)C)[C@@H](CCC(=O)OC)[C@]4(C)CC(=O)OC)[C@@H](CCC(=O)OC)[C@]3(C)CC(=O)OC. The van der Waals surface area contributed by atoms with Crippen molar-refractivity contribution in [3.8, 4) is 0 Å². The zero-order valence-corrected chi connectivity index (χ0v) is 58.7. The van der Waals surface area contributed by atoms with Gasteiger partial charge in [-0.25, -0.2) is 4.98 Å². The molecule has 0 aliphatic carbocycles. The number of rotatable bonds is 25. The van der Waals surface area contributed by atoms with Crippen molar-refractivity contribution in [3.63, 3.8) is 0 Å². The summed E-state index contributed by atoms with van der Waals surface area (Å²) < 4.78 is 59.6. The van der Waals surface area contributed by atoms with Gasteiger partial charge in [-0.1, -0.05) is 34.6 Å². The summed E-state index contributed by atoms with van der Waals surface area (Å²) in [6.45, 7) is 19.3. The molecule has 6 aliphatic heterocycles. The minimum atomic E-state index is -4.77. The molecule has 0 amide bonds. The second-order valence-electron chi connectivity index (χ2n) is 27.7. The lowest BCUT2D eigenvalue weighted by Gasteiger charge is -2.48. The molecule has 0 spiro atoms. The molecule has 2 saturated heterocycles. The molecule has 2 aromatic rings. The van der Waals surface area contributed by atoms with Crippen LogP contribution in [0.2, 0.25) is 0 Å². The van der Waals surface area contributed by atoms with E-state index in [1.807, 2.05) is 87.4 Å². The number of benzene rings is 1. The summed E-state index contributed by atoms with van der Waals surface area (Å²) in [5.41, 5.74) is -0.0676. The highest BCUT2D eigenvalue weighted by Gasteiger charge is 2.67. The molecule has 4 N–H and O–H groups in total. The summed E-state index contributed by atoms with van der Waals surface area (Å²) in [4.78, 5) is 120. The highest BCUT2D eigenvalue weighted by atomic mass is 31.2. The molecule has 0 radical (unpaired) electrons. The van der Waals surface area contributed by atoms with E-state index in [1.54, 1.807) is 4.57 Å². The molecule has 6 aliphatic rings.